The van der Waals surface area contributed by atoms with Crippen LogP contribution in [0.5, 0.6) is 0 Å². The number of esters is 1. The molecule has 2 unspecified atom stereocenters. The number of carbonyl (C=O) groups excluding carboxylic acids is 1. The fourth-order valence-corrected chi connectivity index (χ4v) is 2.11. The van der Waals surface area contributed by atoms with Crippen LogP contribution in [0.4, 0.5) is 0 Å². The molecule has 0 radical (unpaired) electrons. The van der Waals surface area contributed by atoms with Gasteiger partial charge in [-0.3, -0.25) is 9.36 Å². The van der Waals surface area contributed by atoms with Crippen LogP contribution in [0.2, 0.25) is 0 Å². The quantitative estimate of drug-likeness (QED) is 0.537. The molecule has 14 heavy (non-hydrogen) atoms. The largest absolute Gasteiger partial charge is 0.466 e. The molecule has 0 aliphatic carbocycles. The first-order valence-corrected chi connectivity index (χ1v) is 6.29. The SMILES string of the molecule is CCOC(=O)C(C)C(C)CP(=O)(O)O. The lowest BCUT2D eigenvalue weighted by Crippen LogP contribution is -2.23. The van der Waals surface area contributed by atoms with E-state index in [0.717, 1.165) is 0 Å². The molecule has 0 rings (SSSR count). The second-order valence-corrected chi connectivity index (χ2v) is 5.06. The number of hydrogen-bond donors (Lipinski definition) is 2. The second kappa shape index (κ2) is 5.49. The first-order chi connectivity index (χ1) is 6.28. The summed E-state index contributed by atoms with van der Waals surface area (Å²) in [5, 5.41) is 0. The van der Waals surface area contributed by atoms with Gasteiger partial charge < -0.3 is 14.5 Å². The standard InChI is InChI=1S/C8H17O5P/c1-4-13-8(9)7(3)6(2)5-14(10,11)12/h6-7H,4-5H2,1-3H3,(H2,10,11,12). The van der Waals surface area contributed by atoms with Gasteiger partial charge >= 0.3 is 13.6 Å². The number of ether oxygens (including phenoxy) is 1. The van der Waals surface area contributed by atoms with Crippen LogP contribution in [0.25, 0.3) is 0 Å². The van der Waals surface area contributed by atoms with Gasteiger partial charge in [-0.25, -0.2) is 0 Å². The Kier molecular flexibility index (Phi) is 5.34. The van der Waals surface area contributed by atoms with Crippen molar-refractivity contribution in [1.82, 2.24) is 0 Å². The Morgan fingerprint density at radius 1 is 1.43 bits per heavy atom. The molecule has 0 amide bonds. The molecule has 0 aliphatic rings. The lowest BCUT2D eigenvalue weighted by molar-refractivity contribution is -0.148. The Morgan fingerprint density at radius 2 is 1.93 bits per heavy atom. The summed E-state index contributed by atoms with van der Waals surface area (Å²) < 4.78 is 15.4. The highest BCUT2D eigenvalue weighted by atomic mass is 31.2. The normalized spacial score (nSPS) is 16.1. The zero-order valence-electron chi connectivity index (χ0n) is 8.64. The minimum atomic E-state index is -4.04. The van der Waals surface area contributed by atoms with Gasteiger partial charge in [0, 0.05) is 0 Å². The molecule has 0 aliphatic heterocycles. The first-order valence-electron chi connectivity index (χ1n) is 4.49. The lowest BCUT2D eigenvalue weighted by Gasteiger charge is -2.18. The van der Waals surface area contributed by atoms with Gasteiger partial charge in [0.1, 0.15) is 0 Å². The fourth-order valence-electron chi connectivity index (χ4n) is 1.04. The fraction of sp³-hybridized carbons (Fsp3) is 0.875. The molecule has 84 valence electrons. The Bertz CT molecular complexity index is 234. The van der Waals surface area contributed by atoms with Crippen LogP contribution >= 0.6 is 7.60 Å². The van der Waals surface area contributed by atoms with Crippen molar-refractivity contribution < 1.29 is 23.9 Å². The molecule has 2 atom stereocenters. The van der Waals surface area contributed by atoms with Crippen molar-refractivity contribution >= 4 is 13.6 Å². The summed E-state index contributed by atoms with van der Waals surface area (Å²) in [4.78, 5) is 28.6. The Hall–Kier alpha value is -0.380. The zero-order chi connectivity index (χ0) is 11.4. The van der Waals surface area contributed by atoms with E-state index in [0.29, 0.717) is 0 Å². The third-order valence-corrected chi connectivity index (χ3v) is 3.09. The van der Waals surface area contributed by atoms with Crippen LogP contribution < -0.4 is 0 Å². The second-order valence-electron chi connectivity index (χ2n) is 3.37. The van der Waals surface area contributed by atoms with Gasteiger partial charge in [0.2, 0.25) is 0 Å². The van der Waals surface area contributed by atoms with Gasteiger partial charge in [-0.15, -0.1) is 0 Å². The molecular weight excluding hydrogens is 207 g/mol. The van der Waals surface area contributed by atoms with E-state index in [1.807, 2.05) is 0 Å². The van der Waals surface area contributed by atoms with Crippen LogP contribution in [0.1, 0.15) is 20.8 Å². The Balaban J connectivity index is 4.18. The van der Waals surface area contributed by atoms with Crippen LogP contribution in [-0.4, -0.2) is 28.5 Å². The van der Waals surface area contributed by atoms with Gasteiger partial charge in [0.15, 0.2) is 0 Å². The predicted molar refractivity (Wildman–Crippen MR) is 51.9 cm³/mol. The maximum Gasteiger partial charge on any atom is 0.325 e. The van der Waals surface area contributed by atoms with Crippen LogP contribution in [0.3, 0.4) is 0 Å². The highest BCUT2D eigenvalue weighted by molar-refractivity contribution is 7.51. The molecule has 0 aromatic heterocycles. The van der Waals surface area contributed by atoms with Crippen molar-refractivity contribution in [3.8, 4) is 0 Å². The van der Waals surface area contributed by atoms with Gasteiger partial charge in [0.25, 0.3) is 0 Å². The summed E-state index contributed by atoms with van der Waals surface area (Å²) in [5.41, 5.74) is 0. The van der Waals surface area contributed by atoms with E-state index in [1.54, 1.807) is 20.8 Å². The van der Waals surface area contributed by atoms with E-state index in [9.17, 15) is 9.36 Å². The van der Waals surface area contributed by atoms with E-state index >= 15 is 0 Å². The molecule has 0 saturated heterocycles. The molecule has 0 aromatic rings. The molecule has 0 spiro atoms. The van der Waals surface area contributed by atoms with Crippen molar-refractivity contribution in [2.75, 3.05) is 12.8 Å². The number of rotatable bonds is 5. The van der Waals surface area contributed by atoms with E-state index in [2.05, 4.69) is 0 Å². The van der Waals surface area contributed by atoms with Crippen molar-refractivity contribution in [1.29, 1.82) is 0 Å². The topological polar surface area (TPSA) is 83.8 Å². The minimum absolute atomic E-state index is 0.284. The Morgan fingerprint density at radius 3 is 2.29 bits per heavy atom. The van der Waals surface area contributed by atoms with Crippen LogP contribution in [0.15, 0.2) is 0 Å². The summed E-state index contributed by atoms with van der Waals surface area (Å²) in [6, 6.07) is 0. The summed E-state index contributed by atoms with van der Waals surface area (Å²) in [5.74, 6) is -1.27. The first kappa shape index (κ1) is 13.6. The highest BCUT2D eigenvalue weighted by Gasteiger charge is 2.27. The monoisotopic (exact) mass is 224 g/mol. The third-order valence-electron chi connectivity index (χ3n) is 2.04. The van der Waals surface area contributed by atoms with Crippen LogP contribution in [-0.2, 0) is 14.1 Å². The summed E-state index contributed by atoms with van der Waals surface area (Å²) in [7, 11) is -4.04. The van der Waals surface area contributed by atoms with E-state index in [4.69, 9.17) is 14.5 Å². The van der Waals surface area contributed by atoms with E-state index < -0.39 is 19.5 Å². The van der Waals surface area contributed by atoms with Gasteiger partial charge in [0.05, 0.1) is 18.7 Å². The number of carbonyl (C=O) groups is 1. The summed E-state index contributed by atoms with van der Waals surface area (Å²) >= 11 is 0. The molecule has 5 nitrogen and oxygen atoms in total. The molecular formula is C8H17O5P. The highest BCUT2D eigenvalue weighted by Crippen LogP contribution is 2.38. The van der Waals surface area contributed by atoms with Crippen molar-refractivity contribution in [2.45, 2.75) is 20.8 Å². The zero-order valence-corrected chi connectivity index (χ0v) is 9.53. The molecule has 0 saturated carbocycles. The van der Waals surface area contributed by atoms with Crippen molar-refractivity contribution in [3.63, 3.8) is 0 Å². The maximum atomic E-state index is 11.2. The van der Waals surface area contributed by atoms with Crippen LogP contribution in [0, 0.1) is 11.8 Å². The molecule has 0 aromatic carbocycles. The maximum absolute atomic E-state index is 11.2. The third kappa shape index (κ3) is 5.37. The van der Waals surface area contributed by atoms with Gasteiger partial charge in [-0.2, -0.15) is 0 Å². The lowest BCUT2D eigenvalue weighted by atomic mass is 9.98. The van der Waals surface area contributed by atoms with Crippen molar-refractivity contribution in [3.05, 3.63) is 0 Å². The molecule has 0 heterocycles. The van der Waals surface area contributed by atoms with Crippen molar-refractivity contribution in [2.24, 2.45) is 11.8 Å². The van der Waals surface area contributed by atoms with Gasteiger partial charge in [-0.1, -0.05) is 13.8 Å². The average Bonchev–Trinajstić information content (AvgIpc) is 2.00. The molecule has 2 N–H and O–H groups in total. The van der Waals surface area contributed by atoms with E-state index in [-0.39, 0.29) is 18.7 Å². The minimum Gasteiger partial charge on any atom is -0.466 e. The molecule has 0 bridgehead atoms. The number of hydrogen-bond acceptors (Lipinski definition) is 3. The summed E-state index contributed by atoms with van der Waals surface area (Å²) in [6.07, 6.45) is -0.285. The summed E-state index contributed by atoms with van der Waals surface area (Å²) in [6.45, 7) is 5.21. The average molecular weight is 224 g/mol. The smallest absolute Gasteiger partial charge is 0.325 e. The predicted octanol–water partition coefficient (Wildman–Crippen LogP) is 0.999. The molecule has 0 fully saturated rings. The van der Waals surface area contributed by atoms with E-state index in [1.165, 1.54) is 0 Å². The Labute approximate surface area is 83.6 Å². The van der Waals surface area contributed by atoms with Gasteiger partial charge in [-0.05, 0) is 12.8 Å². The molecule has 6 heteroatoms.